The molecule has 0 aliphatic carbocycles. The first-order valence-electron chi connectivity index (χ1n) is 3.88. The Morgan fingerprint density at radius 1 is 1.36 bits per heavy atom. The average molecular weight is 215 g/mol. The summed E-state index contributed by atoms with van der Waals surface area (Å²) in [6.45, 7) is 0. The monoisotopic (exact) mass is 215 g/mol. The van der Waals surface area contributed by atoms with E-state index < -0.39 is 12.2 Å². The number of alkyl halides is 2. The van der Waals surface area contributed by atoms with Crippen molar-refractivity contribution in [3.63, 3.8) is 0 Å². The number of benzene rings is 1. The van der Waals surface area contributed by atoms with Crippen molar-refractivity contribution in [3.8, 4) is 5.75 Å². The molecule has 2 rings (SSSR count). The molecule has 2 nitrogen and oxygen atoms in total. The van der Waals surface area contributed by atoms with Crippen LogP contribution in [0, 0.1) is 0 Å². The van der Waals surface area contributed by atoms with Gasteiger partial charge in [0.2, 0.25) is 0 Å². The maximum Gasteiger partial charge on any atom is 0.267 e. The summed E-state index contributed by atoms with van der Waals surface area (Å²) in [5, 5.41) is 11.5. The van der Waals surface area contributed by atoms with Gasteiger partial charge in [-0.2, -0.15) is 0 Å². The summed E-state index contributed by atoms with van der Waals surface area (Å²) in [4.78, 5) is 0. The maximum atomic E-state index is 12.4. The number of thiophene rings is 1. The highest BCUT2D eigenvalue weighted by atomic mass is 32.1. The molecule has 74 valence electrons. The van der Waals surface area contributed by atoms with Crippen LogP contribution in [-0.2, 0) is 0 Å². The Kier molecular flexibility index (Phi) is 2.03. The number of nitrogen functional groups attached to an aromatic ring is 1. The molecule has 2 aromatic rings. The lowest BCUT2D eigenvalue weighted by Gasteiger charge is -2.04. The molecule has 0 radical (unpaired) electrons. The predicted molar refractivity (Wildman–Crippen MR) is 52.9 cm³/mol. The molecule has 0 fully saturated rings. The number of fused-ring (bicyclic) bond motifs is 1. The van der Waals surface area contributed by atoms with Gasteiger partial charge in [0, 0.05) is 10.1 Å². The fraction of sp³-hybridized carbons (Fsp3) is 0.111. The van der Waals surface area contributed by atoms with Gasteiger partial charge in [0.05, 0.1) is 16.6 Å². The first kappa shape index (κ1) is 9.21. The molecule has 0 atom stereocenters. The van der Waals surface area contributed by atoms with Crippen LogP contribution in [-0.4, -0.2) is 5.11 Å². The molecule has 0 saturated carbocycles. The first-order valence-corrected chi connectivity index (χ1v) is 4.76. The molecule has 14 heavy (non-hydrogen) atoms. The lowest BCUT2D eigenvalue weighted by atomic mass is 10.1. The van der Waals surface area contributed by atoms with Crippen LogP contribution in [0.5, 0.6) is 5.75 Å². The highest BCUT2D eigenvalue weighted by Gasteiger charge is 2.17. The molecule has 3 N–H and O–H groups in total. The minimum Gasteiger partial charge on any atom is -0.507 e. The third kappa shape index (κ3) is 1.21. The van der Waals surface area contributed by atoms with Gasteiger partial charge in [0.25, 0.3) is 6.43 Å². The number of phenols is 1. The minimum absolute atomic E-state index is 0.327. The molecule has 5 heteroatoms. The SMILES string of the molecule is Nc1csc2ccc(C(F)F)c(O)c12. The molecule has 0 aliphatic rings. The molecule has 0 unspecified atom stereocenters. The van der Waals surface area contributed by atoms with E-state index in [1.807, 2.05) is 0 Å². The summed E-state index contributed by atoms with van der Waals surface area (Å²) in [5.41, 5.74) is 5.52. The molecule has 0 saturated heterocycles. The molecule has 1 heterocycles. The standard InChI is InChI=1S/C9H7F2NOS/c10-9(11)4-1-2-6-7(8(4)13)5(12)3-14-6/h1-3,9,13H,12H2. The van der Waals surface area contributed by atoms with E-state index in [0.717, 1.165) is 0 Å². The second kappa shape index (κ2) is 3.09. The average Bonchev–Trinajstić information content (AvgIpc) is 2.48. The quantitative estimate of drug-likeness (QED) is 0.767. The molecule has 1 aromatic heterocycles. The summed E-state index contributed by atoms with van der Waals surface area (Å²) in [5.74, 6) is -0.406. The van der Waals surface area contributed by atoms with Crippen LogP contribution in [0.2, 0.25) is 0 Å². The summed E-state index contributed by atoms with van der Waals surface area (Å²) in [7, 11) is 0. The van der Waals surface area contributed by atoms with E-state index in [2.05, 4.69) is 0 Å². The number of aromatic hydroxyl groups is 1. The number of phenolic OH excluding ortho intramolecular Hbond substituents is 1. The van der Waals surface area contributed by atoms with E-state index in [9.17, 15) is 13.9 Å². The van der Waals surface area contributed by atoms with Gasteiger partial charge in [-0.3, -0.25) is 0 Å². The van der Waals surface area contributed by atoms with E-state index in [1.165, 1.54) is 23.5 Å². The van der Waals surface area contributed by atoms with Crippen LogP contribution < -0.4 is 5.73 Å². The second-order valence-electron chi connectivity index (χ2n) is 2.87. The largest absolute Gasteiger partial charge is 0.507 e. The zero-order valence-corrected chi connectivity index (χ0v) is 7.81. The van der Waals surface area contributed by atoms with Gasteiger partial charge in [-0.05, 0) is 12.1 Å². The molecule has 1 aromatic carbocycles. The number of rotatable bonds is 1. The highest BCUT2D eigenvalue weighted by molar-refractivity contribution is 7.17. The minimum atomic E-state index is -2.68. The number of halogens is 2. The Morgan fingerprint density at radius 3 is 2.71 bits per heavy atom. The third-order valence-electron chi connectivity index (χ3n) is 2.01. The molecule has 0 spiro atoms. The van der Waals surface area contributed by atoms with Crippen molar-refractivity contribution < 1.29 is 13.9 Å². The van der Waals surface area contributed by atoms with E-state index in [1.54, 1.807) is 5.38 Å². The lowest BCUT2D eigenvalue weighted by Crippen LogP contribution is -1.87. The Labute approximate surface area is 82.6 Å². The summed E-state index contributed by atoms with van der Waals surface area (Å²) in [6, 6.07) is 2.76. The zero-order chi connectivity index (χ0) is 10.3. The second-order valence-corrected chi connectivity index (χ2v) is 3.78. The normalized spacial score (nSPS) is 11.4. The van der Waals surface area contributed by atoms with Crippen molar-refractivity contribution in [1.82, 2.24) is 0 Å². The van der Waals surface area contributed by atoms with E-state index >= 15 is 0 Å². The van der Waals surface area contributed by atoms with Crippen LogP contribution in [0.25, 0.3) is 10.1 Å². The van der Waals surface area contributed by atoms with Crippen molar-refractivity contribution in [2.45, 2.75) is 6.43 Å². The van der Waals surface area contributed by atoms with Gasteiger partial charge in [-0.25, -0.2) is 8.78 Å². The molecule has 0 amide bonds. The van der Waals surface area contributed by atoms with Crippen LogP contribution in [0.15, 0.2) is 17.5 Å². The van der Waals surface area contributed by atoms with Crippen molar-refractivity contribution in [1.29, 1.82) is 0 Å². The molecular weight excluding hydrogens is 208 g/mol. The van der Waals surface area contributed by atoms with Gasteiger partial charge in [0.1, 0.15) is 5.75 Å². The van der Waals surface area contributed by atoms with Crippen LogP contribution in [0.3, 0.4) is 0 Å². The number of anilines is 1. The molecule has 0 aliphatic heterocycles. The zero-order valence-electron chi connectivity index (χ0n) is 7.00. The Bertz CT molecular complexity index is 481. The number of nitrogens with two attached hydrogens (primary N) is 1. The van der Waals surface area contributed by atoms with Gasteiger partial charge in [-0.1, -0.05) is 0 Å². The van der Waals surface area contributed by atoms with Crippen LogP contribution in [0.1, 0.15) is 12.0 Å². The Morgan fingerprint density at radius 2 is 2.07 bits per heavy atom. The lowest BCUT2D eigenvalue weighted by molar-refractivity contribution is 0.148. The van der Waals surface area contributed by atoms with Crippen molar-refractivity contribution in [3.05, 3.63) is 23.1 Å². The smallest absolute Gasteiger partial charge is 0.267 e. The van der Waals surface area contributed by atoms with E-state index in [-0.39, 0.29) is 5.56 Å². The van der Waals surface area contributed by atoms with Crippen molar-refractivity contribution in [2.24, 2.45) is 0 Å². The summed E-state index contributed by atoms with van der Waals surface area (Å²) in [6.07, 6.45) is -2.68. The van der Waals surface area contributed by atoms with Gasteiger partial charge < -0.3 is 10.8 Å². The van der Waals surface area contributed by atoms with Gasteiger partial charge >= 0.3 is 0 Å². The van der Waals surface area contributed by atoms with Crippen LogP contribution >= 0.6 is 11.3 Å². The molecule has 0 bridgehead atoms. The van der Waals surface area contributed by atoms with Gasteiger partial charge in [-0.15, -0.1) is 11.3 Å². The van der Waals surface area contributed by atoms with Crippen molar-refractivity contribution >= 4 is 27.1 Å². The fourth-order valence-corrected chi connectivity index (χ4v) is 2.18. The van der Waals surface area contributed by atoms with Crippen molar-refractivity contribution in [2.75, 3.05) is 5.73 Å². The third-order valence-corrected chi connectivity index (χ3v) is 2.97. The van der Waals surface area contributed by atoms with E-state index in [0.29, 0.717) is 15.8 Å². The first-order chi connectivity index (χ1) is 6.61. The highest BCUT2D eigenvalue weighted by Crippen LogP contribution is 2.40. The number of hydrogen-bond donors (Lipinski definition) is 2. The fourth-order valence-electron chi connectivity index (χ4n) is 1.33. The molecular formula is C9H7F2NOS. The van der Waals surface area contributed by atoms with Gasteiger partial charge in [0.15, 0.2) is 0 Å². The Hall–Kier alpha value is -1.36. The predicted octanol–water partition coefficient (Wildman–Crippen LogP) is 3.13. The summed E-state index contributed by atoms with van der Waals surface area (Å²) >= 11 is 1.32. The Balaban J connectivity index is 2.79. The van der Waals surface area contributed by atoms with Crippen LogP contribution in [0.4, 0.5) is 14.5 Å². The van der Waals surface area contributed by atoms with E-state index in [4.69, 9.17) is 5.73 Å². The topological polar surface area (TPSA) is 46.2 Å². The number of hydrogen-bond acceptors (Lipinski definition) is 3. The maximum absolute atomic E-state index is 12.4. The summed E-state index contributed by atoms with van der Waals surface area (Å²) < 4.78 is 25.5.